The second-order valence-electron chi connectivity index (χ2n) is 9.20. The van der Waals surface area contributed by atoms with Crippen LogP contribution in [0.3, 0.4) is 0 Å². The van der Waals surface area contributed by atoms with Crippen molar-refractivity contribution in [1.29, 1.82) is 0 Å². The van der Waals surface area contributed by atoms with Crippen molar-refractivity contribution >= 4 is 22.6 Å². The van der Waals surface area contributed by atoms with Gasteiger partial charge in [0.2, 0.25) is 5.91 Å². The van der Waals surface area contributed by atoms with Gasteiger partial charge in [-0.1, -0.05) is 6.07 Å². The molecule has 1 aliphatic rings. The molecule has 2 aromatic heterocycles. The summed E-state index contributed by atoms with van der Waals surface area (Å²) in [5.74, 6) is -0.180. The zero-order valence-corrected chi connectivity index (χ0v) is 20.4. The maximum Gasteiger partial charge on any atom is 0.433 e. The first-order chi connectivity index (χ1) is 17.0. The summed E-state index contributed by atoms with van der Waals surface area (Å²) >= 11 is 0. The molecule has 4 rings (SSSR count). The lowest BCUT2D eigenvalue weighted by Crippen LogP contribution is -2.48. The molecule has 11 heteroatoms. The summed E-state index contributed by atoms with van der Waals surface area (Å²) in [5.41, 5.74) is -0.293. The third-order valence-electron chi connectivity index (χ3n) is 5.93. The number of aromatic nitrogens is 3. The quantitative estimate of drug-likeness (QED) is 0.460. The molecule has 1 aromatic carbocycles. The van der Waals surface area contributed by atoms with Crippen LogP contribution in [0.4, 0.5) is 13.2 Å². The Bertz CT molecular complexity index is 1260. The highest BCUT2D eigenvalue weighted by Gasteiger charge is 2.33. The number of hydrogen-bond donors (Lipinski definition) is 0. The van der Waals surface area contributed by atoms with Gasteiger partial charge in [-0.15, -0.1) is 0 Å². The van der Waals surface area contributed by atoms with Gasteiger partial charge in [0, 0.05) is 55.8 Å². The molecular formula is C25H28F3N5O3. The minimum atomic E-state index is -4.64. The Labute approximate surface area is 206 Å². The Morgan fingerprint density at radius 2 is 1.83 bits per heavy atom. The van der Waals surface area contributed by atoms with Crippen LogP contribution in [-0.2, 0) is 23.9 Å². The van der Waals surface area contributed by atoms with Gasteiger partial charge in [0.1, 0.15) is 23.7 Å². The number of likely N-dealkylation sites (N-methyl/N-ethyl adjacent to an activating group) is 1. The minimum Gasteiger partial charge on any atom is -0.491 e. The number of carbonyl (C=O) groups is 2. The van der Waals surface area contributed by atoms with Gasteiger partial charge in [0.15, 0.2) is 5.78 Å². The lowest BCUT2D eigenvalue weighted by molar-refractivity contribution is -0.141. The number of Topliss-reactive ketones (excluding diaryl/α,β-unsaturated/α-hetero) is 1. The smallest absolute Gasteiger partial charge is 0.433 e. The van der Waals surface area contributed by atoms with Gasteiger partial charge in [0.05, 0.1) is 11.6 Å². The second kappa shape index (κ2) is 10.3. The van der Waals surface area contributed by atoms with Crippen molar-refractivity contribution in [3.8, 4) is 5.75 Å². The fraction of sp³-hybridized carbons (Fsp3) is 0.440. The molecule has 0 aliphatic carbocycles. The highest BCUT2D eigenvalue weighted by Crippen LogP contribution is 2.29. The standard InChI is InChI=1S/C25H28F3N5O3/c1-16(2)36-22-13-20-18(14-33(30-20)15-24(35)32-9-7-31(3)8-10-32)11-17(22)12-21(34)19-5-4-6-23(29-19)25(26,27)28/h4-6,11,13-14,16H,7-10,12,15H2,1-3H3. The molecular weight excluding hydrogens is 475 g/mol. The zero-order valence-electron chi connectivity index (χ0n) is 20.4. The highest BCUT2D eigenvalue weighted by molar-refractivity contribution is 5.97. The number of carbonyl (C=O) groups excluding carboxylic acids is 2. The summed E-state index contributed by atoms with van der Waals surface area (Å²) < 4.78 is 46.6. The number of hydrogen-bond acceptors (Lipinski definition) is 6. The SMILES string of the molecule is CC(C)Oc1cc2nn(CC(=O)N3CCN(C)CC3)cc2cc1CC(=O)c1cccc(C(F)(F)F)n1. The molecule has 1 fully saturated rings. The van der Waals surface area contributed by atoms with Crippen LogP contribution < -0.4 is 4.74 Å². The van der Waals surface area contributed by atoms with E-state index in [9.17, 15) is 22.8 Å². The Hall–Kier alpha value is -3.47. The number of piperazine rings is 1. The second-order valence-corrected chi connectivity index (χ2v) is 9.20. The molecule has 36 heavy (non-hydrogen) atoms. The molecule has 3 heterocycles. The predicted molar refractivity (Wildman–Crippen MR) is 127 cm³/mol. The van der Waals surface area contributed by atoms with E-state index in [0.717, 1.165) is 19.2 Å². The number of fused-ring (bicyclic) bond motifs is 1. The van der Waals surface area contributed by atoms with E-state index in [4.69, 9.17) is 4.74 Å². The molecule has 0 saturated carbocycles. The first kappa shape index (κ1) is 25.6. The number of benzene rings is 1. The van der Waals surface area contributed by atoms with E-state index in [1.807, 2.05) is 25.8 Å². The topological polar surface area (TPSA) is 80.6 Å². The number of rotatable bonds is 7. The molecule has 192 valence electrons. The maximum atomic E-state index is 13.0. The zero-order chi connectivity index (χ0) is 26.0. The van der Waals surface area contributed by atoms with E-state index >= 15 is 0 Å². The number of ketones is 1. The van der Waals surface area contributed by atoms with Gasteiger partial charge < -0.3 is 14.5 Å². The summed E-state index contributed by atoms with van der Waals surface area (Å²) in [5, 5.41) is 5.20. The third-order valence-corrected chi connectivity index (χ3v) is 5.93. The van der Waals surface area contributed by atoms with Gasteiger partial charge in [-0.25, -0.2) is 4.98 Å². The highest BCUT2D eigenvalue weighted by atomic mass is 19.4. The Balaban J connectivity index is 1.58. The lowest BCUT2D eigenvalue weighted by Gasteiger charge is -2.32. The number of nitrogens with zero attached hydrogens (tertiary/aromatic N) is 5. The number of pyridine rings is 1. The van der Waals surface area contributed by atoms with E-state index < -0.39 is 17.7 Å². The Morgan fingerprint density at radius 3 is 2.50 bits per heavy atom. The normalized spacial score (nSPS) is 15.0. The van der Waals surface area contributed by atoms with Crippen LogP contribution in [0.25, 0.3) is 10.9 Å². The van der Waals surface area contributed by atoms with Crippen LogP contribution in [0.15, 0.2) is 36.5 Å². The van der Waals surface area contributed by atoms with E-state index in [1.165, 1.54) is 12.1 Å². The lowest BCUT2D eigenvalue weighted by atomic mass is 10.0. The van der Waals surface area contributed by atoms with E-state index in [0.29, 0.717) is 35.3 Å². The van der Waals surface area contributed by atoms with Crippen LogP contribution in [-0.4, -0.2) is 75.6 Å². The van der Waals surface area contributed by atoms with Crippen molar-refractivity contribution < 1.29 is 27.5 Å². The minimum absolute atomic E-state index is 0.0272. The van der Waals surface area contributed by atoms with Crippen LogP contribution >= 0.6 is 0 Å². The van der Waals surface area contributed by atoms with Crippen molar-refractivity contribution in [2.45, 2.75) is 39.1 Å². The molecule has 0 N–H and O–H groups in total. The molecule has 1 aliphatic heterocycles. The molecule has 8 nitrogen and oxygen atoms in total. The summed E-state index contributed by atoms with van der Waals surface area (Å²) in [6, 6.07) is 6.67. The Kier molecular flexibility index (Phi) is 7.30. The summed E-state index contributed by atoms with van der Waals surface area (Å²) in [6.07, 6.45) is -3.32. The van der Waals surface area contributed by atoms with Crippen molar-refractivity contribution in [2.75, 3.05) is 33.2 Å². The van der Waals surface area contributed by atoms with Crippen LogP contribution in [0.5, 0.6) is 5.75 Å². The van der Waals surface area contributed by atoms with E-state index in [-0.39, 0.29) is 30.7 Å². The number of halogens is 3. The number of ether oxygens (including phenoxy) is 1. The average molecular weight is 504 g/mol. The largest absolute Gasteiger partial charge is 0.491 e. The van der Waals surface area contributed by atoms with E-state index in [1.54, 1.807) is 23.0 Å². The predicted octanol–water partition coefficient (Wildman–Crippen LogP) is 3.44. The molecule has 0 unspecified atom stereocenters. The molecule has 0 bridgehead atoms. The van der Waals surface area contributed by atoms with Gasteiger partial charge in [0.25, 0.3) is 0 Å². The van der Waals surface area contributed by atoms with Crippen molar-refractivity contribution in [2.24, 2.45) is 0 Å². The third kappa shape index (κ3) is 6.01. The molecule has 1 saturated heterocycles. The molecule has 0 spiro atoms. The monoisotopic (exact) mass is 503 g/mol. The summed E-state index contributed by atoms with van der Waals surface area (Å²) in [7, 11) is 2.02. The van der Waals surface area contributed by atoms with Crippen LogP contribution in [0, 0.1) is 0 Å². The fourth-order valence-corrected chi connectivity index (χ4v) is 4.04. The van der Waals surface area contributed by atoms with Gasteiger partial charge in [-0.3, -0.25) is 14.3 Å². The Morgan fingerprint density at radius 1 is 1.11 bits per heavy atom. The fourth-order valence-electron chi connectivity index (χ4n) is 4.04. The van der Waals surface area contributed by atoms with Gasteiger partial charge in [-0.2, -0.15) is 18.3 Å². The number of amides is 1. The summed E-state index contributed by atoms with van der Waals surface area (Å²) in [6.45, 7) is 6.72. The van der Waals surface area contributed by atoms with Gasteiger partial charge >= 0.3 is 6.18 Å². The van der Waals surface area contributed by atoms with Crippen molar-refractivity contribution in [3.05, 3.63) is 53.5 Å². The molecule has 3 aromatic rings. The molecule has 0 atom stereocenters. The molecule has 0 radical (unpaired) electrons. The maximum absolute atomic E-state index is 13.0. The van der Waals surface area contributed by atoms with Gasteiger partial charge in [-0.05, 0) is 39.1 Å². The molecule has 1 amide bonds. The van der Waals surface area contributed by atoms with Crippen molar-refractivity contribution in [1.82, 2.24) is 24.6 Å². The first-order valence-corrected chi connectivity index (χ1v) is 11.7. The number of alkyl halides is 3. The van der Waals surface area contributed by atoms with Crippen molar-refractivity contribution in [3.63, 3.8) is 0 Å². The first-order valence-electron chi connectivity index (χ1n) is 11.7. The summed E-state index contributed by atoms with van der Waals surface area (Å²) in [4.78, 5) is 33.1. The average Bonchev–Trinajstić information content (AvgIpc) is 3.19. The van der Waals surface area contributed by atoms with Crippen LogP contribution in [0.2, 0.25) is 0 Å². The van der Waals surface area contributed by atoms with Crippen LogP contribution in [0.1, 0.15) is 35.6 Å². The van der Waals surface area contributed by atoms with E-state index in [2.05, 4.69) is 15.0 Å².